The Bertz CT molecular complexity index is 580. The van der Waals surface area contributed by atoms with E-state index in [9.17, 15) is 4.79 Å². The molecule has 0 radical (unpaired) electrons. The van der Waals surface area contributed by atoms with Crippen molar-refractivity contribution in [2.24, 2.45) is 7.05 Å². The summed E-state index contributed by atoms with van der Waals surface area (Å²) in [7, 11) is 2.00. The molecule has 2 aromatic rings. The van der Waals surface area contributed by atoms with Crippen LogP contribution in [-0.4, -0.2) is 14.5 Å². The Morgan fingerprint density at radius 1 is 1.33 bits per heavy atom. The lowest BCUT2D eigenvalue weighted by molar-refractivity contribution is 0.889. The number of aromatic nitrogens is 3. The third-order valence-corrected chi connectivity index (χ3v) is 2.86. The third-order valence-electron chi connectivity index (χ3n) is 2.86. The minimum atomic E-state index is -0.273. The van der Waals surface area contributed by atoms with Gasteiger partial charge < -0.3 is 9.55 Å². The van der Waals surface area contributed by atoms with Gasteiger partial charge in [0.15, 0.2) is 0 Å². The van der Waals surface area contributed by atoms with Gasteiger partial charge in [-0.25, -0.2) is 9.78 Å². The number of hydrogen-bond donors (Lipinski definition) is 1. The quantitative estimate of drug-likeness (QED) is 0.687. The first-order chi connectivity index (χ1) is 7.24. The van der Waals surface area contributed by atoms with Crippen molar-refractivity contribution < 1.29 is 0 Å². The summed E-state index contributed by atoms with van der Waals surface area (Å²) in [6.45, 7) is 0. The smallest absolute Gasteiger partial charge is 0.345 e. The monoisotopic (exact) mass is 201 g/mol. The standard InChI is InChI=1S/C11H11N3O/c1-14-5-8-3-2-7-4-12-11(15)13-10(7)9(8)6-14/h4-6H,2-3H2,1H3,(H,12,13,15). The van der Waals surface area contributed by atoms with Crippen molar-refractivity contribution in [3.8, 4) is 11.3 Å². The van der Waals surface area contributed by atoms with Crippen molar-refractivity contribution in [2.45, 2.75) is 12.8 Å². The van der Waals surface area contributed by atoms with Crippen LogP contribution in [0.5, 0.6) is 0 Å². The maximum absolute atomic E-state index is 11.2. The molecule has 3 rings (SSSR count). The molecule has 0 amide bonds. The Morgan fingerprint density at radius 2 is 2.13 bits per heavy atom. The molecule has 0 aromatic carbocycles. The molecule has 0 spiro atoms. The van der Waals surface area contributed by atoms with Gasteiger partial charge in [0.2, 0.25) is 0 Å². The number of nitrogens with one attached hydrogen (secondary N) is 1. The third kappa shape index (κ3) is 1.21. The van der Waals surface area contributed by atoms with E-state index in [2.05, 4.69) is 16.2 Å². The molecule has 0 saturated heterocycles. The molecule has 0 bridgehead atoms. The Labute approximate surface area is 86.6 Å². The van der Waals surface area contributed by atoms with E-state index >= 15 is 0 Å². The summed E-state index contributed by atoms with van der Waals surface area (Å²) in [5, 5.41) is 0. The molecule has 0 unspecified atom stereocenters. The van der Waals surface area contributed by atoms with Crippen molar-refractivity contribution in [3.05, 3.63) is 40.2 Å². The predicted octanol–water partition coefficient (Wildman–Crippen LogP) is 0.874. The molecule has 2 heterocycles. The van der Waals surface area contributed by atoms with E-state index in [0.29, 0.717) is 0 Å². The molecule has 0 aliphatic heterocycles. The molecule has 1 N–H and O–H groups in total. The fourth-order valence-corrected chi connectivity index (χ4v) is 2.18. The number of hydrogen-bond acceptors (Lipinski definition) is 2. The maximum atomic E-state index is 11.2. The average molecular weight is 201 g/mol. The highest BCUT2D eigenvalue weighted by atomic mass is 16.1. The van der Waals surface area contributed by atoms with E-state index < -0.39 is 0 Å². The van der Waals surface area contributed by atoms with Crippen LogP contribution >= 0.6 is 0 Å². The second kappa shape index (κ2) is 2.82. The van der Waals surface area contributed by atoms with Crippen LogP contribution in [0.25, 0.3) is 11.3 Å². The van der Waals surface area contributed by atoms with Gasteiger partial charge in [0.25, 0.3) is 0 Å². The van der Waals surface area contributed by atoms with E-state index in [1.54, 1.807) is 6.20 Å². The minimum absolute atomic E-state index is 0.273. The molecule has 0 atom stereocenters. The van der Waals surface area contributed by atoms with Crippen LogP contribution in [0, 0.1) is 0 Å². The number of aryl methyl sites for hydroxylation is 3. The van der Waals surface area contributed by atoms with Gasteiger partial charge in [0.1, 0.15) is 0 Å². The molecule has 2 aromatic heterocycles. The van der Waals surface area contributed by atoms with Crippen molar-refractivity contribution >= 4 is 0 Å². The topological polar surface area (TPSA) is 50.7 Å². The van der Waals surface area contributed by atoms with Gasteiger partial charge in [0, 0.05) is 31.2 Å². The summed E-state index contributed by atoms with van der Waals surface area (Å²) in [5.74, 6) is 0. The van der Waals surface area contributed by atoms with Gasteiger partial charge in [-0.15, -0.1) is 0 Å². The van der Waals surface area contributed by atoms with Crippen molar-refractivity contribution in [1.82, 2.24) is 14.5 Å². The van der Waals surface area contributed by atoms with Crippen LogP contribution < -0.4 is 5.69 Å². The SMILES string of the molecule is Cn1cc2c(c1)-c1[nH]c(=O)ncc1CC2. The first-order valence-electron chi connectivity index (χ1n) is 4.97. The summed E-state index contributed by atoms with van der Waals surface area (Å²) < 4.78 is 2.03. The summed E-state index contributed by atoms with van der Waals surface area (Å²) in [4.78, 5) is 17.8. The zero-order valence-corrected chi connectivity index (χ0v) is 8.45. The molecule has 76 valence electrons. The number of fused-ring (bicyclic) bond motifs is 3. The van der Waals surface area contributed by atoms with Crippen LogP contribution in [0.3, 0.4) is 0 Å². The zero-order valence-electron chi connectivity index (χ0n) is 8.45. The molecule has 4 nitrogen and oxygen atoms in total. The van der Waals surface area contributed by atoms with Crippen LogP contribution in [0.15, 0.2) is 23.4 Å². The molecule has 15 heavy (non-hydrogen) atoms. The van der Waals surface area contributed by atoms with Crippen molar-refractivity contribution in [2.75, 3.05) is 0 Å². The van der Waals surface area contributed by atoms with Crippen LogP contribution in [0.1, 0.15) is 11.1 Å². The van der Waals surface area contributed by atoms with E-state index in [1.807, 2.05) is 17.8 Å². The number of nitrogens with zero attached hydrogens (tertiary/aromatic N) is 2. The van der Waals surface area contributed by atoms with Gasteiger partial charge in [-0.3, -0.25) is 0 Å². The van der Waals surface area contributed by atoms with Crippen molar-refractivity contribution in [1.29, 1.82) is 0 Å². The molecule has 0 fully saturated rings. The van der Waals surface area contributed by atoms with Gasteiger partial charge in [-0.05, 0) is 24.0 Å². The largest absolute Gasteiger partial charge is 0.356 e. The summed E-state index contributed by atoms with van der Waals surface area (Å²) in [6.07, 6.45) is 7.82. The summed E-state index contributed by atoms with van der Waals surface area (Å²) in [6, 6.07) is 0. The Hall–Kier alpha value is -1.84. The Balaban J connectivity index is 2.32. The Morgan fingerprint density at radius 3 is 3.00 bits per heavy atom. The molecular formula is C11H11N3O. The molecule has 1 aliphatic carbocycles. The fourth-order valence-electron chi connectivity index (χ4n) is 2.18. The second-order valence-electron chi connectivity index (χ2n) is 3.95. The van der Waals surface area contributed by atoms with Crippen molar-refractivity contribution in [3.63, 3.8) is 0 Å². The van der Waals surface area contributed by atoms with Crippen LogP contribution in [0.2, 0.25) is 0 Å². The van der Waals surface area contributed by atoms with E-state index in [1.165, 1.54) is 5.56 Å². The highest BCUT2D eigenvalue weighted by Gasteiger charge is 2.18. The van der Waals surface area contributed by atoms with Crippen LogP contribution in [0.4, 0.5) is 0 Å². The van der Waals surface area contributed by atoms with Gasteiger partial charge >= 0.3 is 5.69 Å². The number of H-pyrrole nitrogens is 1. The average Bonchev–Trinajstić information content (AvgIpc) is 2.58. The van der Waals surface area contributed by atoms with E-state index in [4.69, 9.17) is 0 Å². The molecule has 1 aliphatic rings. The fraction of sp³-hybridized carbons (Fsp3) is 0.273. The number of rotatable bonds is 0. The van der Waals surface area contributed by atoms with Gasteiger partial charge in [-0.1, -0.05) is 0 Å². The normalized spacial score (nSPS) is 13.4. The lowest BCUT2D eigenvalue weighted by Gasteiger charge is -2.14. The first-order valence-corrected chi connectivity index (χ1v) is 4.97. The number of aromatic amines is 1. The lowest BCUT2D eigenvalue weighted by atomic mass is 9.93. The summed E-state index contributed by atoms with van der Waals surface area (Å²) in [5.41, 5.74) is 4.24. The highest BCUT2D eigenvalue weighted by Crippen LogP contribution is 2.30. The maximum Gasteiger partial charge on any atom is 0.345 e. The first kappa shape index (κ1) is 8.47. The van der Waals surface area contributed by atoms with Crippen LogP contribution in [-0.2, 0) is 19.9 Å². The molecule has 4 heteroatoms. The second-order valence-corrected chi connectivity index (χ2v) is 3.95. The van der Waals surface area contributed by atoms with Gasteiger partial charge in [0.05, 0.1) is 5.69 Å². The molecular weight excluding hydrogens is 190 g/mol. The minimum Gasteiger partial charge on any atom is -0.356 e. The zero-order chi connectivity index (χ0) is 10.4. The van der Waals surface area contributed by atoms with Gasteiger partial charge in [-0.2, -0.15) is 0 Å². The molecule has 0 saturated carbocycles. The lowest BCUT2D eigenvalue weighted by Crippen LogP contribution is -2.15. The van der Waals surface area contributed by atoms with E-state index in [-0.39, 0.29) is 5.69 Å². The highest BCUT2D eigenvalue weighted by molar-refractivity contribution is 5.68. The van der Waals surface area contributed by atoms with E-state index in [0.717, 1.165) is 29.7 Å². The Kier molecular flexibility index (Phi) is 1.59. The predicted molar refractivity (Wildman–Crippen MR) is 56.7 cm³/mol. The summed E-state index contributed by atoms with van der Waals surface area (Å²) >= 11 is 0.